The molecule has 1 aliphatic rings. The predicted octanol–water partition coefficient (Wildman–Crippen LogP) is 2.79. The number of benzene rings is 1. The largest absolute Gasteiger partial charge is 0.391 e. The summed E-state index contributed by atoms with van der Waals surface area (Å²) in [5.41, 5.74) is 7.86. The Morgan fingerprint density at radius 3 is 2.67 bits per heavy atom. The van der Waals surface area contributed by atoms with Crippen LogP contribution in [-0.2, 0) is 16.2 Å². The molecule has 6 heteroatoms. The number of pyridine rings is 1. The predicted molar refractivity (Wildman–Crippen MR) is 106 cm³/mol. The minimum absolute atomic E-state index is 0.0613. The van der Waals surface area contributed by atoms with Crippen molar-refractivity contribution in [2.45, 2.75) is 32.0 Å². The second kappa shape index (κ2) is 10.6. The molecule has 1 saturated heterocycles. The van der Waals surface area contributed by atoms with Gasteiger partial charge in [0.05, 0.1) is 6.61 Å². The van der Waals surface area contributed by atoms with Gasteiger partial charge in [-0.25, -0.2) is 0 Å². The van der Waals surface area contributed by atoms with E-state index in [0.717, 1.165) is 30.8 Å². The van der Waals surface area contributed by atoms with Crippen LogP contribution in [0.2, 0.25) is 0 Å². The molecule has 0 aliphatic carbocycles. The van der Waals surface area contributed by atoms with Gasteiger partial charge in [0.1, 0.15) is 12.7 Å². The fourth-order valence-corrected chi connectivity index (χ4v) is 3.13. The van der Waals surface area contributed by atoms with E-state index in [-0.39, 0.29) is 6.10 Å². The maximum Gasteiger partial charge on any atom is 0.171 e. The zero-order valence-electron chi connectivity index (χ0n) is 15.7. The Morgan fingerprint density at radius 1 is 1.11 bits per heavy atom. The van der Waals surface area contributed by atoms with Crippen LogP contribution in [0.3, 0.4) is 0 Å². The highest BCUT2D eigenvalue weighted by atomic mass is 16.6. The van der Waals surface area contributed by atoms with Gasteiger partial charge in [-0.2, -0.15) is 0 Å². The van der Waals surface area contributed by atoms with E-state index < -0.39 is 0 Å². The van der Waals surface area contributed by atoms with Gasteiger partial charge >= 0.3 is 0 Å². The molecule has 1 atom stereocenters. The average molecular weight is 368 g/mol. The van der Waals surface area contributed by atoms with Gasteiger partial charge in [0.25, 0.3) is 0 Å². The molecule has 2 heterocycles. The minimum Gasteiger partial charge on any atom is -0.391 e. The van der Waals surface area contributed by atoms with Gasteiger partial charge in [0.15, 0.2) is 5.84 Å². The quantitative estimate of drug-likeness (QED) is 0.419. The summed E-state index contributed by atoms with van der Waals surface area (Å²) < 4.78 is 6.13. The third kappa shape index (κ3) is 6.66. The molecular weight excluding hydrogens is 340 g/mol. The molecule has 1 unspecified atom stereocenters. The molecule has 2 aromatic rings. The van der Waals surface area contributed by atoms with E-state index in [9.17, 15) is 0 Å². The number of oxime groups is 1. The number of ether oxygens (including phenoxy) is 1. The molecule has 0 spiro atoms. The van der Waals surface area contributed by atoms with Gasteiger partial charge < -0.3 is 20.2 Å². The van der Waals surface area contributed by atoms with Crippen molar-refractivity contribution < 1.29 is 9.57 Å². The van der Waals surface area contributed by atoms with E-state index >= 15 is 0 Å². The van der Waals surface area contributed by atoms with E-state index in [1.165, 1.54) is 19.3 Å². The Labute approximate surface area is 161 Å². The maximum atomic E-state index is 6.13. The Bertz CT molecular complexity index is 688. The summed E-state index contributed by atoms with van der Waals surface area (Å²) in [7, 11) is 0. The molecule has 0 amide bonds. The van der Waals surface area contributed by atoms with Crippen molar-refractivity contribution in [3.05, 3.63) is 66.0 Å². The van der Waals surface area contributed by atoms with Crippen LogP contribution in [0.1, 0.15) is 30.4 Å². The molecule has 1 aromatic heterocycles. The molecule has 144 valence electrons. The Morgan fingerprint density at radius 2 is 1.93 bits per heavy atom. The smallest absolute Gasteiger partial charge is 0.171 e. The van der Waals surface area contributed by atoms with E-state index in [4.69, 9.17) is 15.3 Å². The lowest BCUT2D eigenvalue weighted by atomic mass is 10.1. The van der Waals surface area contributed by atoms with Gasteiger partial charge in [0.2, 0.25) is 0 Å². The highest BCUT2D eigenvalue weighted by Crippen LogP contribution is 2.12. The van der Waals surface area contributed by atoms with Crippen molar-refractivity contribution in [3.63, 3.8) is 0 Å². The second-order valence-electron chi connectivity index (χ2n) is 6.79. The van der Waals surface area contributed by atoms with Gasteiger partial charge in [0, 0.05) is 24.5 Å². The molecule has 0 saturated carbocycles. The standard InChI is InChI=1S/C21H28N4O2/c22-21(19-10-7-11-23-14-19)24-27-17-20(15-25-12-5-2-6-13-25)26-16-18-8-3-1-4-9-18/h1,3-4,7-11,14,20H,2,5-6,12-13,15-17H2,(H2,22,24). The van der Waals surface area contributed by atoms with Gasteiger partial charge in [-0.15, -0.1) is 0 Å². The summed E-state index contributed by atoms with van der Waals surface area (Å²) >= 11 is 0. The third-order valence-corrected chi connectivity index (χ3v) is 4.62. The molecule has 3 rings (SSSR count). The Hall–Kier alpha value is -2.44. The summed E-state index contributed by atoms with van der Waals surface area (Å²) in [6.45, 7) is 4.00. The molecule has 0 radical (unpaired) electrons. The molecule has 1 aromatic carbocycles. The number of amidine groups is 1. The topological polar surface area (TPSA) is 73.0 Å². The summed E-state index contributed by atoms with van der Waals surface area (Å²) in [4.78, 5) is 12.0. The fourth-order valence-electron chi connectivity index (χ4n) is 3.13. The number of piperidine rings is 1. The van der Waals surface area contributed by atoms with Crippen LogP contribution in [0.15, 0.2) is 60.0 Å². The first-order valence-electron chi connectivity index (χ1n) is 9.55. The summed E-state index contributed by atoms with van der Waals surface area (Å²) in [6, 6.07) is 13.9. The fraction of sp³-hybridized carbons (Fsp3) is 0.429. The number of hydrogen-bond acceptors (Lipinski definition) is 5. The summed E-state index contributed by atoms with van der Waals surface area (Å²) in [5, 5.41) is 4.04. The van der Waals surface area contributed by atoms with Crippen LogP contribution in [0.25, 0.3) is 0 Å². The molecule has 6 nitrogen and oxygen atoms in total. The number of nitrogens with two attached hydrogens (primary N) is 1. The van der Waals surface area contributed by atoms with Crippen molar-refractivity contribution in [3.8, 4) is 0 Å². The van der Waals surface area contributed by atoms with Crippen molar-refractivity contribution >= 4 is 5.84 Å². The molecule has 1 aliphatic heterocycles. The number of nitrogens with zero attached hydrogens (tertiary/aromatic N) is 3. The minimum atomic E-state index is -0.0613. The van der Waals surface area contributed by atoms with E-state index in [2.05, 4.69) is 27.2 Å². The lowest BCUT2D eigenvalue weighted by molar-refractivity contribution is -0.0413. The molecule has 2 N–H and O–H groups in total. The van der Waals surface area contributed by atoms with Crippen LogP contribution in [-0.4, -0.2) is 48.1 Å². The van der Waals surface area contributed by atoms with Crippen LogP contribution < -0.4 is 5.73 Å². The Balaban J connectivity index is 1.54. The number of rotatable bonds is 9. The second-order valence-corrected chi connectivity index (χ2v) is 6.79. The van der Waals surface area contributed by atoms with Crippen LogP contribution >= 0.6 is 0 Å². The zero-order valence-corrected chi connectivity index (χ0v) is 15.7. The number of hydrogen-bond donors (Lipinski definition) is 1. The first-order valence-corrected chi connectivity index (χ1v) is 9.55. The van der Waals surface area contributed by atoms with E-state index in [1.807, 2.05) is 30.3 Å². The normalized spacial score (nSPS) is 16.8. The van der Waals surface area contributed by atoms with E-state index in [0.29, 0.717) is 19.0 Å². The van der Waals surface area contributed by atoms with Crippen LogP contribution in [0, 0.1) is 0 Å². The lowest BCUT2D eigenvalue weighted by Crippen LogP contribution is -2.39. The van der Waals surface area contributed by atoms with Crippen molar-refractivity contribution in [2.24, 2.45) is 10.9 Å². The van der Waals surface area contributed by atoms with Crippen molar-refractivity contribution in [1.82, 2.24) is 9.88 Å². The highest BCUT2D eigenvalue weighted by molar-refractivity contribution is 5.96. The summed E-state index contributed by atoms with van der Waals surface area (Å²) in [6.07, 6.45) is 7.11. The van der Waals surface area contributed by atoms with Crippen molar-refractivity contribution in [2.75, 3.05) is 26.2 Å². The van der Waals surface area contributed by atoms with Gasteiger partial charge in [-0.3, -0.25) is 4.98 Å². The number of likely N-dealkylation sites (tertiary alicyclic amines) is 1. The molecule has 1 fully saturated rings. The van der Waals surface area contributed by atoms with Crippen LogP contribution in [0.4, 0.5) is 0 Å². The number of aromatic nitrogens is 1. The highest BCUT2D eigenvalue weighted by Gasteiger charge is 2.18. The van der Waals surface area contributed by atoms with Gasteiger partial charge in [-0.05, 0) is 43.6 Å². The Kier molecular flexibility index (Phi) is 7.62. The van der Waals surface area contributed by atoms with Crippen LogP contribution in [0.5, 0.6) is 0 Å². The third-order valence-electron chi connectivity index (χ3n) is 4.62. The first-order chi connectivity index (χ1) is 13.3. The molecule has 0 bridgehead atoms. The lowest BCUT2D eigenvalue weighted by Gasteiger charge is -2.30. The van der Waals surface area contributed by atoms with Crippen molar-refractivity contribution in [1.29, 1.82) is 0 Å². The molecule has 27 heavy (non-hydrogen) atoms. The SMILES string of the molecule is NC(=NOCC(CN1CCCCC1)OCc1ccccc1)c1cccnc1. The first kappa shape index (κ1) is 19.3. The van der Waals surface area contributed by atoms with Gasteiger partial charge in [-0.1, -0.05) is 41.9 Å². The zero-order chi connectivity index (χ0) is 18.7. The van der Waals surface area contributed by atoms with E-state index in [1.54, 1.807) is 12.4 Å². The molecular formula is C21H28N4O2. The maximum absolute atomic E-state index is 6.13. The summed E-state index contributed by atoms with van der Waals surface area (Å²) in [5.74, 6) is 0.322. The average Bonchev–Trinajstić information content (AvgIpc) is 2.74. The monoisotopic (exact) mass is 368 g/mol.